The highest BCUT2D eigenvalue weighted by Crippen LogP contribution is 2.34. The second-order valence-electron chi connectivity index (χ2n) is 3.68. The summed E-state index contributed by atoms with van der Waals surface area (Å²) in [5.41, 5.74) is 1.89. The zero-order chi connectivity index (χ0) is 12.4. The summed E-state index contributed by atoms with van der Waals surface area (Å²) in [5.74, 6) is 0. The summed E-state index contributed by atoms with van der Waals surface area (Å²) < 4.78 is 0. The maximum Gasteiger partial charge on any atom is 0.114 e. The van der Waals surface area contributed by atoms with E-state index in [0.717, 1.165) is 16.3 Å². The zero-order valence-electron chi connectivity index (χ0n) is 9.50. The van der Waals surface area contributed by atoms with Gasteiger partial charge in [-0.05, 0) is 26.1 Å². The monoisotopic (exact) mass is 286 g/mol. The highest BCUT2D eigenvalue weighted by atomic mass is 35.5. The van der Waals surface area contributed by atoms with Crippen molar-refractivity contribution in [2.24, 2.45) is 0 Å². The minimum Gasteiger partial charge on any atom is -0.307 e. The number of benzene rings is 1. The zero-order valence-corrected chi connectivity index (χ0v) is 11.8. The van der Waals surface area contributed by atoms with E-state index < -0.39 is 0 Å². The molecule has 17 heavy (non-hydrogen) atoms. The van der Waals surface area contributed by atoms with Crippen molar-refractivity contribution < 1.29 is 0 Å². The molecule has 1 atom stereocenters. The van der Waals surface area contributed by atoms with E-state index in [1.807, 2.05) is 37.6 Å². The molecule has 0 bridgehead atoms. The van der Waals surface area contributed by atoms with Crippen LogP contribution in [0, 0.1) is 6.92 Å². The van der Waals surface area contributed by atoms with Crippen molar-refractivity contribution in [2.75, 3.05) is 7.05 Å². The van der Waals surface area contributed by atoms with Crippen LogP contribution in [0.3, 0.4) is 0 Å². The van der Waals surface area contributed by atoms with Crippen LogP contribution in [0.25, 0.3) is 0 Å². The van der Waals surface area contributed by atoms with E-state index in [9.17, 15) is 0 Å². The van der Waals surface area contributed by atoms with Gasteiger partial charge in [-0.15, -0.1) is 11.3 Å². The number of hydrogen-bond acceptors (Lipinski definition) is 3. The average Bonchev–Trinajstić information content (AvgIpc) is 2.70. The van der Waals surface area contributed by atoms with Crippen LogP contribution in [0.2, 0.25) is 10.0 Å². The number of aryl methyl sites for hydroxylation is 1. The molecule has 5 heteroatoms. The molecule has 90 valence electrons. The SMILES string of the molecule is CNC(c1nc(C)cs1)c1c(Cl)cccc1Cl. The summed E-state index contributed by atoms with van der Waals surface area (Å²) in [6, 6.07) is 5.46. The molecule has 1 unspecified atom stereocenters. The minimum absolute atomic E-state index is 0.0603. The van der Waals surface area contributed by atoms with Gasteiger partial charge in [-0.3, -0.25) is 0 Å². The highest BCUT2D eigenvalue weighted by molar-refractivity contribution is 7.09. The van der Waals surface area contributed by atoms with Gasteiger partial charge in [0.1, 0.15) is 5.01 Å². The molecule has 0 aliphatic heterocycles. The Kier molecular flexibility index (Phi) is 4.05. The maximum absolute atomic E-state index is 6.21. The number of aromatic nitrogens is 1. The first-order valence-corrected chi connectivity index (χ1v) is 6.80. The van der Waals surface area contributed by atoms with Crippen LogP contribution in [-0.4, -0.2) is 12.0 Å². The van der Waals surface area contributed by atoms with Crippen molar-refractivity contribution in [3.63, 3.8) is 0 Å². The predicted molar refractivity (Wildman–Crippen MR) is 74.2 cm³/mol. The summed E-state index contributed by atoms with van der Waals surface area (Å²) in [4.78, 5) is 4.48. The van der Waals surface area contributed by atoms with Crippen molar-refractivity contribution in [2.45, 2.75) is 13.0 Å². The number of rotatable bonds is 3. The van der Waals surface area contributed by atoms with Crippen molar-refractivity contribution >= 4 is 34.5 Å². The molecule has 0 radical (unpaired) electrons. The summed E-state index contributed by atoms with van der Waals surface area (Å²) in [7, 11) is 1.88. The van der Waals surface area contributed by atoms with Crippen molar-refractivity contribution in [3.8, 4) is 0 Å². The van der Waals surface area contributed by atoms with E-state index in [4.69, 9.17) is 23.2 Å². The van der Waals surface area contributed by atoms with Gasteiger partial charge < -0.3 is 5.32 Å². The van der Waals surface area contributed by atoms with Crippen LogP contribution in [0.4, 0.5) is 0 Å². The number of halogens is 2. The molecule has 2 rings (SSSR count). The van der Waals surface area contributed by atoms with Gasteiger partial charge in [-0.2, -0.15) is 0 Å². The number of nitrogens with zero attached hydrogens (tertiary/aromatic N) is 1. The topological polar surface area (TPSA) is 24.9 Å². The van der Waals surface area contributed by atoms with E-state index in [0.29, 0.717) is 10.0 Å². The fourth-order valence-electron chi connectivity index (χ4n) is 1.68. The van der Waals surface area contributed by atoms with Gasteiger partial charge in [0.05, 0.1) is 6.04 Å². The Balaban J connectivity index is 2.49. The molecule has 0 amide bonds. The van der Waals surface area contributed by atoms with Crippen LogP contribution in [0.5, 0.6) is 0 Å². The molecule has 0 fully saturated rings. The summed E-state index contributed by atoms with van der Waals surface area (Å²) in [6.07, 6.45) is 0. The van der Waals surface area contributed by atoms with Gasteiger partial charge in [0, 0.05) is 26.7 Å². The third-order valence-electron chi connectivity index (χ3n) is 2.46. The second kappa shape index (κ2) is 5.36. The van der Waals surface area contributed by atoms with Crippen LogP contribution in [0.15, 0.2) is 23.6 Å². The van der Waals surface area contributed by atoms with Gasteiger partial charge >= 0.3 is 0 Å². The minimum atomic E-state index is -0.0603. The van der Waals surface area contributed by atoms with Crippen LogP contribution >= 0.6 is 34.5 Å². The molecule has 0 spiro atoms. The Bertz CT molecular complexity index is 505. The molecule has 0 aliphatic carbocycles. The number of nitrogens with one attached hydrogen (secondary N) is 1. The largest absolute Gasteiger partial charge is 0.307 e. The van der Waals surface area contributed by atoms with Crippen LogP contribution < -0.4 is 5.32 Å². The van der Waals surface area contributed by atoms with Gasteiger partial charge in [0.15, 0.2) is 0 Å². The summed E-state index contributed by atoms with van der Waals surface area (Å²) in [6.45, 7) is 1.97. The molecule has 2 aromatic rings. The Labute approximate surface area is 115 Å². The fourth-order valence-corrected chi connectivity index (χ4v) is 3.21. The van der Waals surface area contributed by atoms with E-state index in [1.54, 1.807) is 11.3 Å². The summed E-state index contributed by atoms with van der Waals surface area (Å²) in [5, 5.41) is 7.51. The Hall–Kier alpha value is -0.610. The smallest absolute Gasteiger partial charge is 0.114 e. The average molecular weight is 287 g/mol. The lowest BCUT2D eigenvalue weighted by atomic mass is 10.1. The molecule has 1 aromatic heterocycles. The fraction of sp³-hybridized carbons (Fsp3) is 0.250. The van der Waals surface area contributed by atoms with Gasteiger partial charge in [-0.1, -0.05) is 29.3 Å². The first kappa shape index (κ1) is 12.8. The Morgan fingerprint density at radius 3 is 2.41 bits per heavy atom. The second-order valence-corrected chi connectivity index (χ2v) is 5.39. The molecule has 0 saturated carbocycles. The Morgan fingerprint density at radius 2 is 1.94 bits per heavy atom. The van der Waals surface area contributed by atoms with Gasteiger partial charge in [0.2, 0.25) is 0 Å². The third-order valence-corrected chi connectivity index (χ3v) is 4.15. The lowest BCUT2D eigenvalue weighted by Gasteiger charge is -2.17. The first-order chi connectivity index (χ1) is 8.13. The lowest BCUT2D eigenvalue weighted by Crippen LogP contribution is -2.18. The van der Waals surface area contributed by atoms with Crippen LogP contribution in [-0.2, 0) is 0 Å². The molecular formula is C12H12Cl2N2S. The molecule has 0 aliphatic rings. The normalized spacial score (nSPS) is 12.7. The quantitative estimate of drug-likeness (QED) is 0.920. The van der Waals surface area contributed by atoms with Crippen molar-refractivity contribution in [1.29, 1.82) is 0 Å². The predicted octanol–water partition coefficient (Wildman–Crippen LogP) is 4.07. The molecule has 0 saturated heterocycles. The molecule has 1 aromatic carbocycles. The highest BCUT2D eigenvalue weighted by Gasteiger charge is 2.20. The maximum atomic E-state index is 6.21. The van der Waals surface area contributed by atoms with Crippen molar-refractivity contribution in [3.05, 3.63) is 49.9 Å². The number of hydrogen-bond donors (Lipinski definition) is 1. The van der Waals surface area contributed by atoms with Gasteiger partial charge in [-0.25, -0.2) is 4.98 Å². The molecule has 1 N–H and O–H groups in total. The summed E-state index contributed by atoms with van der Waals surface area (Å²) >= 11 is 14.0. The standard InChI is InChI=1S/C12H12Cl2N2S/c1-7-6-17-12(16-7)11(15-2)10-8(13)4-3-5-9(10)14/h3-6,11,15H,1-2H3. The molecular weight excluding hydrogens is 275 g/mol. The molecule has 1 heterocycles. The van der Waals surface area contributed by atoms with E-state index >= 15 is 0 Å². The van der Waals surface area contributed by atoms with Crippen molar-refractivity contribution in [1.82, 2.24) is 10.3 Å². The molecule has 2 nitrogen and oxygen atoms in total. The third kappa shape index (κ3) is 2.63. The van der Waals surface area contributed by atoms with E-state index in [1.165, 1.54) is 0 Å². The first-order valence-electron chi connectivity index (χ1n) is 5.16. The van der Waals surface area contributed by atoms with Crippen LogP contribution in [0.1, 0.15) is 22.3 Å². The van der Waals surface area contributed by atoms with E-state index in [2.05, 4.69) is 10.3 Å². The van der Waals surface area contributed by atoms with Gasteiger partial charge in [0.25, 0.3) is 0 Å². The van der Waals surface area contributed by atoms with E-state index in [-0.39, 0.29) is 6.04 Å². The Morgan fingerprint density at radius 1 is 1.29 bits per heavy atom. The lowest BCUT2D eigenvalue weighted by molar-refractivity contribution is 0.685. The number of thiazole rings is 1.